The van der Waals surface area contributed by atoms with E-state index in [1.165, 1.54) is 0 Å². The van der Waals surface area contributed by atoms with Crippen LogP contribution < -0.4 is 14.8 Å². The number of ether oxygens (including phenoxy) is 1. The van der Waals surface area contributed by atoms with Gasteiger partial charge in [0.15, 0.2) is 0 Å². The number of aromatic nitrogens is 2. The molecule has 0 radical (unpaired) electrons. The predicted octanol–water partition coefficient (Wildman–Crippen LogP) is 3.02. The van der Waals surface area contributed by atoms with Crippen LogP contribution in [0.15, 0.2) is 22.5 Å². The third kappa shape index (κ3) is 4.50. The molecule has 0 fully saturated rings. The van der Waals surface area contributed by atoms with Crippen molar-refractivity contribution in [2.45, 2.75) is 57.0 Å². The van der Waals surface area contributed by atoms with Gasteiger partial charge >= 0.3 is 0 Å². The Bertz CT molecular complexity index is 999. The van der Waals surface area contributed by atoms with Gasteiger partial charge in [0, 0.05) is 17.9 Å². The molecule has 0 saturated carbocycles. The second-order valence-electron chi connectivity index (χ2n) is 7.80. The molecule has 2 aromatic rings. The lowest BCUT2D eigenvalue weighted by atomic mass is 9.89. The molecular weight excluding hydrogens is 400 g/mol. The SMILES string of the molecule is Cc1ccc2c(c1)[C@@H](NS(=O)(=O)c1nnc(NC(=O)C(C)C)s1)CC(C)(C)O2. The van der Waals surface area contributed by atoms with Gasteiger partial charge in [-0.15, -0.1) is 10.2 Å². The monoisotopic (exact) mass is 424 g/mol. The molecule has 3 rings (SSSR count). The lowest BCUT2D eigenvalue weighted by Gasteiger charge is -2.37. The summed E-state index contributed by atoms with van der Waals surface area (Å²) in [6.45, 7) is 9.26. The van der Waals surface area contributed by atoms with Crippen molar-refractivity contribution in [2.24, 2.45) is 5.92 Å². The number of nitrogens with zero attached hydrogens (tertiary/aromatic N) is 2. The number of hydrogen-bond acceptors (Lipinski definition) is 7. The zero-order chi connectivity index (χ0) is 20.7. The standard InChI is InChI=1S/C18H24N4O4S2/c1-10(2)15(23)19-16-20-21-17(27-16)28(24,25)22-13-9-18(4,5)26-14-7-6-11(3)8-12(13)14/h6-8,10,13,22H,9H2,1-5H3,(H,19,20,23)/t13-/m0/s1. The minimum Gasteiger partial charge on any atom is -0.487 e. The molecule has 1 atom stereocenters. The van der Waals surface area contributed by atoms with Crippen LogP contribution in [0.2, 0.25) is 0 Å². The molecule has 152 valence electrons. The number of carbonyl (C=O) groups is 1. The number of nitrogens with one attached hydrogen (secondary N) is 2. The topological polar surface area (TPSA) is 110 Å². The molecular formula is C18H24N4O4S2. The van der Waals surface area contributed by atoms with Gasteiger partial charge in [0.25, 0.3) is 10.0 Å². The Hall–Kier alpha value is -2.04. The van der Waals surface area contributed by atoms with Crippen LogP contribution in [0.5, 0.6) is 5.75 Å². The van der Waals surface area contributed by atoms with Gasteiger partial charge < -0.3 is 10.1 Å². The highest BCUT2D eigenvalue weighted by molar-refractivity contribution is 7.91. The first-order chi connectivity index (χ1) is 13.0. The minimum atomic E-state index is -3.91. The van der Waals surface area contributed by atoms with E-state index in [0.29, 0.717) is 12.2 Å². The number of rotatable bonds is 5. The highest BCUT2D eigenvalue weighted by Crippen LogP contribution is 2.40. The van der Waals surface area contributed by atoms with Crippen LogP contribution in [0.3, 0.4) is 0 Å². The molecule has 10 heteroatoms. The Morgan fingerprint density at radius 1 is 1.32 bits per heavy atom. The van der Waals surface area contributed by atoms with E-state index in [2.05, 4.69) is 20.2 Å². The van der Waals surface area contributed by atoms with Gasteiger partial charge in [-0.3, -0.25) is 4.79 Å². The maximum atomic E-state index is 12.9. The van der Waals surface area contributed by atoms with Crippen molar-refractivity contribution in [3.05, 3.63) is 29.3 Å². The van der Waals surface area contributed by atoms with Gasteiger partial charge in [0.1, 0.15) is 11.4 Å². The summed E-state index contributed by atoms with van der Waals surface area (Å²) in [5.74, 6) is 0.173. The van der Waals surface area contributed by atoms with Crippen LogP contribution in [-0.4, -0.2) is 30.1 Å². The first-order valence-corrected chi connectivity index (χ1v) is 11.2. The molecule has 1 amide bonds. The van der Waals surface area contributed by atoms with Crippen molar-refractivity contribution in [3.63, 3.8) is 0 Å². The summed E-state index contributed by atoms with van der Waals surface area (Å²) in [5.41, 5.74) is 1.29. The lowest BCUT2D eigenvalue weighted by Crippen LogP contribution is -2.41. The smallest absolute Gasteiger partial charge is 0.270 e. The van der Waals surface area contributed by atoms with Crippen LogP contribution in [0, 0.1) is 12.8 Å². The van der Waals surface area contributed by atoms with E-state index < -0.39 is 21.7 Å². The molecule has 2 heterocycles. The maximum absolute atomic E-state index is 12.9. The quantitative estimate of drug-likeness (QED) is 0.714. The van der Waals surface area contributed by atoms with Crippen molar-refractivity contribution in [3.8, 4) is 5.75 Å². The summed E-state index contributed by atoms with van der Waals surface area (Å²) < 4.78 is 34.3. The largest absolute Gasteiger partial charge is 0.487 e. The Morgan fingerprint density at radius 3 is 2.71 bits per heavy atom. The van der Waals surface area contributed by atoms with Crippen molar-refractivity contribution in [1.82, 2.24) is 14.9 Å². The number of sulfonamides is 1. The van der Waals surface area contributed by atoms with Gasteiger partial charge in [0.05, 0.1) is 6.04 Å². The summed E-state index contributed by atoms with van der Waals surface area (Å²) >= 11 is 0.823. The fourth-order valence-electron chi connectivity index (χ4n) is 2.94. The summed E-state index contributed by atoms with van der Waals surface area (Å²) in [7, 11) is -3.91. The average Bonchev–Trinajstić information content (AvgIpc) is 3.04. The third-order valence-electron chi connectivity index (χ3n) is 4.31. The minimum absolute atomic E-state index is 0.155. The molecule has 0 unspecified atom stereocenters. The van der Waals surface area contributed by atoms with Crippen molar-refractivity contribution in [1.29, 1.82) is 0 Å². The van der Waals surface area contributed by atoms with Crippen LogP contribution >= 0.6 is 11.3 Å². The molecule has 1 aliphatic rings. The fourth-order valence-corrected chi connectivity index (χ4v) is 5.07. The summed E-state index contributed by atoms with van der Waals surface area (Å²) in [6, 6.07) is 5.25. The normalized spacial score (nSPS) is 18.4. The molecule has 1 aromatic carbocycles. The van der Waals surface area contributed by atoms with Crippen LogP contribution in [0.1, 0.15) is 51.3 Å². The Kier molecular flexibility index (Phi) is 5.48. The first kappa shape index (κ1) is 20.7. The second-order valence-corrected chi connectivity index (χ2v) is 10.7. The van der Waals surface area contributed by atoms with Gasteiger partial charge in [-0.1, -0.05) is 42.9 Å². The molecule has 1 aliphatic heterocycles. The highest BCUT2D eigenvalue weighted by Gasteiger charge is 2.37. The Balaban J connectivity index is 1.86. The van der Waals surface area contributed by atoms with Gasteiger partial charge in [-0.25, -0.2) is 13.1 Å². The predicted molar refractivity (Wildman–Crippen MR) is 107 cm³/mol. The van der Waals surface area contributed by atoms with Gasteiger partial charge in [-0.2, -0.15) is 0 Å². The molecule has 28 heavy (non-hydrogen) atoms. The molecule has 0 bridgehead atoms. The first-order valence-electron chi connectivity index (χ1n) is 8.93. The molecule has 1 aromatic heterocycles. The van der Waals surface area contributed by atoms with E-state index in [9.17, 15) is 13.2 Å². The van der Waals surface area contributed by atoms with E-state index in [4.69, 9.17) is 4.74 Å². The van der Waals surface area contributed by atoms with Crippen LogP contribution in [0.25, 0.3) is 0 Å². The Morgan fingerprint density at radius 2 is 2.04 bits per heavy atom. The summed E-state index contributed by atoms with van der Waals surface area (Å²) in [6.07, 6.45) is 0.471. The van der Waals surface area contributed by atoms with E-state index in [1.807, 2.05) is 39.0 Å². The maximum Gasteiger partial charge on any atom is 0.270 e. The fraction of sp³-hybridized carbons (Fsp3) is 0.500. The third-order valence-corrected chi connectivity index (χ3v) is 6.99. The molecule has 8 nitrogen and oxygen atoms in total. The van der Waals surface area contributed by atoms with E-state index >= 15 is 0 Å². The van der Waals surface area contributed by atoms with E-state index in [0.717, 1.165) is 22.5 Å². The lowest BCUT2D eigenvalue weighted by molar-refractivity contribution is -0.118. The van der Waals surface area contributed by atoms with Gasteiger partial charge in [-0.05, 0) is 26.8 Å². The summed E-state index contributed by atoms with van der Waals surface area (Å²) in [5, 5.41) is 10.2. The van der Waals surface area contributed by atoms with Crippen LogP contribution in [0.4, 0.5) is 5.13 Å². The number of carbonyl (C=O) groups excluding carboxylic acids is 1. The van der Waals surface area contributed by atoms with Crippen molar-refractivity contribution >= 4 is 32.4 Å². The number of fused-ring (bicyclic) bond motifs is 1. The average molecular weight is 425 g/mol. The number of benzene rings is 1. The molecule has 0 spiro atoms. The van der Waals surface area contributed by atoms with E-state index in [-0.39, 0.29) is 21.3 Å². The van der Waals surface area contributed by atoms with Crippen molar-refractivity contribution < 1.29 is 17.9 Å². The second kappa shape index (κ2) is 7.41. The van der Waals surface area contributed by atoms with Gasteiger partial charge in [0.2, 0.25) is 15.4 Å². The summed E-state index contributed by atoms with van der Waals surface area (Å²) in [4.78, 5) is 11.8. The number of anilines is 1. The zero-order valence-corrected chi connectivity index (χ0v) is 18.1. The number of aryl methyl sites for hydroxylation is 1. The highest BCUT2D eigenvalue weighted by atomic mass is 32.2. The zero-order valence-electron chi connectivity index (χ0n) is 16.4. The van der Waals surface area contributed by atoms with Crippen LogP contribution in [-0.2, 0) is 14.8 Å². The Labute approximate surface area is 168 Å². The van der Waals surface area contributed by atoms with E-state index in [1.54, 1.807) is 13.8 Å². The molecule has 0 aliphatic carbocycles. The molecule has 0 saturated heterocycles. The number of amides is 1. The van der Waals surface area contributed by atoms with Crippen molar-refractivity contribution in [2.75, 3.05) is 5.32 Å². The number of hydrogen-bond donors (Lipinski definition) is 2. The molecule has 2 N–H and O–H groups in total.